The molecule has 0 aromatic rings. The molecule has 0 aromatic heterocycles. The molecule has 14 heavy (non-hydrogen) atoms. The van der Waals surface area contributed by atoms with Crippen LogP contribution in [0.3, 0.4) is 0 Å². The van der Waals surface area contributed by atoms with Gasteiger partial charge in [0.05, 0.1) is 6.54 Å². The monoisotopic (exact) mass is 213 g/mol. The van der Waals surface area contributed by atoms with Crippen molar-refractivity contribution in [3.8, 4) is 0 Å². The van der Waals surface area contributed by atoms with Gasteiger partial charge in [0.2, 0.25) is 0 Å². The van der Waals surface area contributed by atoms with Crippen molar-refractivity contribution in [2.75, 3.05) is 31.9 Å². The molecule has 2 aliphatic rings. The van der Waals surface area contributed by atoms with Crippen LogP contribution in [-0.4, -0.2) is 48.0 Å². The Balaban J connectivity index is 1.66. The first-order chi connectivity index (χ1) is 6.84. The van der Waals surface area contributed by atoms with Gasteiger partial charge in [-0.3, -0.25) is 4.99 Å². The van der Waals surface area contributed by atoms with Crippen LogP contribution < -0.4 is 5.32 Å². The Hall–Kier alpha value is -0.220. The summed E-state index contributed by atoms with van der Waals surface area (Å²) < 4.78 is 0. The number of hydrogen-bond donors (Lipinski definition) is 1. The molecule has 2 saturated heterocycles. The minimum Gasteiger partial charge on any atom is -0.362 e. The minimum atomic E-state index is 0.602. The third kappa shape index (κ3) is 2.89. The number of aliphatic imine (C=N–C) groups is 1. The van der Waals surface area contributed by atoms with E-state index in [1.165, 1.54) is 31.7 Å². The Morgan fingerprint density at radius 1 is 1.50 bits per heavy atom. The highest BCUT2D eigenvalue weighted by Gasteiger charge is 2.15. The molecule has 0 spiro atoms. The Labute approximate surface area is 90.3 Å². The highest BCUT2D eigenvalue weighted by molar-refractivity contribution is 8.14. The zero-order chi connectivity index (χ0) is 9.80. The van der Waals surface area contributed by atoms with Crippen LogP contribution in [0.2, 0.25) is 0 Å². The predicted molar refractivity (Wildman–Crippen MR) is 63.0 cm³/mol. The van der Waals surface area contributed by atoms with Gasteiger partial charge in [0.25, 0.3) is 0 Å². The van der Waals surface area contributed by atoms with Crippen molar-refractivity contribution < 1.29 is 0 Å². The van der Waals surface area contributed by atoms with Gasteiger partial charge in [0.1, 0.15) is 0 Å². The van der Waals surface area contributed by atoms with Crippen LogP contribution >= 0.6 is 11.8 Å². The van der Waals surface area contributed by atoms with Gasteiger partial charge in [0.15, 0.2) is 5.17 Å². The van der Waals surface area contributed by atoms with Crippen molar-refractivity contribution in [1.82, 2.24) is 10.2 Å². The summed E-state index contributed by atoms with van der Waals surface area (Å²) in [5.74, 6) is 1.17. The zero-order valence-electron chi connectivity index (χ0n) is 8.83. The Morgan fingerprint density at radius 3 is 2.93 bits per heavy atom. The molecule has 80 valence electrons. The number of nitrogens with one attached hydrogen (secondary N) is 1. The van der Waals surface area contributed by atoms with E-state index < -0.39 is 0 Å². The van der Waals surface area contributed by atoms with Crippen LogP contribution in [0.15, 0.2) is 4.99 Å². The van der Waals surface area contributed by atoms with Gasteiger partial charge in [0, 0.05) is 18.3 Å². The third-order valence-electron chi connectivity index (χ3n) is 2.71. The number of amidine groups is 1. The lowest BCUT2D eigenvalue weighted by Crippen LogP contribution is -2.25. The molecule has 2 fully saturated rings. The molecule has 0 aliphatic carbocycles. The summed E-state index contributed by atoms with van der Waals surface area (Å²) in [5.41, 5.74) is 0. The molecular weight excluding hydrogens is 194 g/mol. The largest absolute Gasteiger partial charge is 0.362 e. The summed E-state index contributed by atoms with van der Waals surface area (Å²) in [6.07, 6.45) is 2.75. The van der Waals surface area contributed by atoms with Gasteiger partial charge in [-0.25, -0.2) is 0 Å². The number of hydrogen-bond acceptors (Lipinski definition) is 3. The zero-order valence-corrected chi connectivity index (χ0v) is 9.65. The molecular formula is C10H19N3S. The molecule has 0 bridgehead atoms. The second-order valence-electron chi connectivity index (χ2n) is 4.09. The molecule has 0 radical (unpaired) electrons. The van der Waals surface area contributed by atoms with E-state index in [0.29, 0.717) is 6.04 Å². The lowest BCUT2D eigenvalue weighted by molar-refractivity contribution is 0.349. The predicted octanol–water partition coefficient (Wildman–Crippen LogP) is 1.16. The highest BCUT2D eigenvalue weighted by atomic mass is 32.2. The summed E-state index contributed by atoms with van der Waals surface area (Å²) in [7, 11) is 0. The van der Waals surface area contributed by atoms with Crippen LogP contribution in [0.5, 0.6) is 0 Å². The summed E-state index contributed by atoms with van der Waals surface area (Å²) >= 11 is 1.85. The first-order valence-electron chi connectivity index (χ1n) is 5.51. The van der Waals surface area contributed by atoms with Crippen molar-refractivity contribution >= 4 is 16.9 Å². The summed E-state index contributed by atoms with van der Waals surface area (Å²) in [4.78, 5) is 7.07. The van der Waals surface area contributed by atoms with Crippen molar-refractivity contribution in [3.63, 3.8) is 0 Å². The van der Waals surface area contributed by atoms with Gasteiger partial charge in [-0.15, -0.1) is 0 Å². The van der Waals surface area contributed by atoms with Crippen molar-refractivity contribution in [3.05, 3.63) is 0 Å². The van der Waals surface area contributed by atoms with E-state index in [1.807, 2.05) is 11.8 Å². The van der Waals surface area contributed by atoms with Crippen LogP contribution in [0.1, 0.15) is 19.8 Å². The van der Waals surface area contributed by atoms with E-state index in [0.717, 1.165) is 18.3 Å². The quantitative estimate of drug-likeness (QED) is 0.762. The van der Waals surface area contributed by atoms with Gasteiger partial charge >= 0.3 is 0 Å². The highest BCUT2D eigenvalue weighted by Crippen LogP contribution is 2.13. The van der Waals surface area contributed by atoms with Crippen LogP contribution in [0, 0.1) is 0 Å². The van der Waals surface area contributed by atoms with Crippen LogP contribution in [0.25, 0.3) is 0 Å². The van der Waals surface area contributed by atoms with E-state index in [-0.39, 0.29) is 0 Å². The van der Waals surface area contributed by atoms with E-state index in [2.05, 4.69) is 22.1 Å². The normalized spacial score (nSPS) is 31.2. The fourth-order valence-corrected chi connectivity index (χ4v) is 2.85. The molecule has 2 aliphatic heterocycles. The van der Waals surface area contributed by atoms with Gasteiger partial charge in [-0.1, -0.05) is 11.8 Å². The first kappa shape index (κ1) is 10.3. The molecule has 4 heteroatoms. The Bertz CT molecular complexity index is 211. The molecule has 1 atom stereocenters. The second-order valence-corrected chi connectivity index (χ2v) is 5.10. The second kappa shape index (κ2) is 5.03. The minimum absolute atomic E-state index is 0.602. The Kier molecular flexibility index (Phi) is 3.70. The maximum Gasteiger partial charge on any atom is 0.156 e. The summed E-state index contributed by atoms with van der Waals surface area (Å²) in [6, 6.07) is 0.602. The number of rotatable bonds is 3. The van der Waals surface area contributed by atoms with Gasteiger partial charge < -0.3 is 10.2 Å². The third-order valence-corrected chi connectivity index (χ3v) is 3.90. The van der Waals surface area contributed by atoms with Gasteiger partial charge in [-0.2, -0.15) is 0 Å². The first-order valence-corrected chi connectivity index (χ1v) is 6.49. The average molecular weight is 213 g/mol. The summed E-state index contributed by atoms with van der Waals surface area (Å²) in [5, 5.41) is 4.52. The topological polar surface area (TPSA) is 27.6 Å². The molecule has 2 rings (SSSR count). The summed E-state index contributed by atoms with van der Waals surface area (Å²) in [6.45, 7) is 6.86. The maximum atomic E-state index is 4.56. The van der Waals surface area contributed by atoms with E-state index in [4.69, 9.17) is 0 Å². The molecule has 3 nitrogen and oxygen atoms in total. The van der Waals surface area contributed by atoms with E-state index >= 15 is 0 Å². The number of thioether (sulfide) groups is 1. The van der Waals surface area contributed by atoms with Crippen molar-refractivity contribution in [2.24, 2.45) is 4.99 Å². The molecule has 2 heterocycles. The van der Waals surface area contributed by atoms with Crippen molar-refractivity contribution in [2.45, 2.75) is 25.8 Å². The standard InChI is InChI=1S/C10H19N3S/c1-9-8-14-10(12-9)11-4-7-13-5-2-3-6-13/h9H,2-8H2,1H3,(H,11,12). The molecule has 0 aromatic carbocycles. The molecule has 0 saturated carbocycles. The SMILES string of the molecule is CC1CSC(=NCCN2CCCC2)N1. The van der Waals surface area contributed by atoms with Gasteiger partial charge in [-0.05, 0) is 32.9 Å². The van der Waals surface area contributed by atoms with Crippen LogP contribution in [-0.2, 0) is 0 Å². The fourth-order valence-electron chi connectivity index (χ4n) is 1.89. The smallest absolute Gasteiger partial charge is 0.156 e. The van der Waals surface area contributed by atoms with Crippen LogP contribution in [0.4, 0.5) is 0 Å². The number of nitrogens with zero attached hydrogens (tertiary/aromatic N) is 2. The molecule has 1 N–H and O–H groups in total. The lowest BCUT2D eigenvalue weighted by Gasteiger charge is -2.12. The Morgan fingerprint density at radius 2 is 2.29 bits per heavy atom. The average Bonchev–Trinajstić information content (AvgIpc) is 2.77. The maximum absolute atomic E-state index is 4.56. The van der Waals surface area contributed by atoms with Crippen molar-refractivity contribution in [1.29, 1.82) is 0 Å². The molecule has 0 amide bonds. The lowest BCUT2D eigenvalue weighted by atomic mass is 10.4. The number of likely N-dealkylation sites (tertiary alicyclic amines) is 1. The fraction of sp³-hybridized carbons (Fsp3) is 0.900. The van der Waals surface area contributed by atoms with E-state index in [1.54, 1.807) is 0 Å². The molecule has 1 unspecified atom stereocenters. The van der Waals surface area contributed by atoms with E-state index in [9.17, 15) is 0 Å².